The van der Waals surface area contributed by atoms with E-state index < -0.39 is 0 Å². The Bertz CT molecular complexity index is 305. The molecule has 1 aliphatic heterocycles. The first-order valence-corrected chi connectivity index (χ1v) is 8.52. The predicted octanol–water partition coefficient (Wildman–Crippen LogP) is 2.83. The maximum Gasteiger partial charge on any atom is 0.191 e. The minimum absolute atomic E-state index is 0. The molecule has 124 valence electrons. The van der Waals surface area contributed by atoms with Crippen molar-refractivity contribution in [2.45, 2.75) is 57.9 Å². The maximum absolute atomic E-state index is 4.30. The molecule has 0 radical (unpaired) electrons. The van der Waals surface area contributed by atoms with E-state index in [9.17, 15) is 0 Å². The third-order valence-corrected chi connectivity index (χ3v) is 4.68. The van der Waals surface area contributed by atoms with Crippen molar-refractivity contribution in [2.75, 3.05) is 33.2 Å². The summed E-state index contributed by atoms with van der Waals surface area (Å²) < 4.78 is 0. The lowest BCUT2D eigenvalue weighted by atomic mass is 10.0. The highest BCUT2D eigenvalue weighted by atomic mass is 127. The molecule has 0 aromatic carbocycles. The number of nitrogens with one attached hydrogen (secondary N) is 2. The molecule has 0 spiro atoms. The zero-order valence-corrected chi connectivity index (χ0v) is 16.1. The average molecular weight is 408 g/mol. The summed E-state index contributed by atoms with van der Waals surface area (Å²) in [5.41, 5.74) is 0. The molecule has 0 aromatic heterocycles. The van der Waals surface area contributed by atoms with Crippen molar-refractivity contribution in [3.63, 3.8) is 0 Å². The zero-order chi connectivity index (χ0) is 14.2. The van der Waals surface area contributed by atoms with E-state index in [4.69, 9.17) is 0 Å². The van der Waals surface area contributed by atoms with E-state index >= 15 is 0 Å². The topological polar surface area (TPSA) is 39.7 Å². The number of aliphatic imine (C=N–C) groups is 1. The van der Waals surface area contributed by atoms with Gasteiger partial charge in [-0.05, 0) is 38.1 Å². The molecule has 0 bridgehead atoms. The molecule has 1 saturated carbocycles. The summed E-state index contributed by atoms with van der Waals surface area (Å²) in [4.78, 5) is 6.95. The molecule has 2 rings (SSSR count). The number of hydrogen-bond donors (Lipinski definition) is 2. The van der Waals surface area contributed by atoms with Crippen molar-refractivity contribution in [1.82, 2.24) is 15.5 Å². The Balaban J connectivity index is 0.00000220. The molecule has 0 amide bonds. The molecule has 1 heterocycles. The van der Waals surface area contributed by atoms with Gasteiger partial charge in [0.05, 0.1) is 0 Å². The molecule has 1 unspecified atom stereocenters. The Morgan fingerprint density at radius 2 is 1.90 bits per heavy atom. The third kappa shape index (κ3) is 7.17. The number of guanidine groups is 1. The lowest BCUT2D eigenvalue weighted by molar-refractivity contribution is 0.147. The van der Waals surface area contributed by atoms with Gasteiger partial charge < -0.3 is 10.6 Å². The highest BCUT2D eigenvalue weighted by molar-refractivity contribution is 14.0. The van der Waals surface area contributed by atoms with Gasteiger partial charge in [0.1, 0.15) is 0 Å². The van der Waals surface area contributed by atoms with Crippen LogP contribution in [-0.2, 0) is 0 Å². The van der Waals surface area contributed by atoms with Crippen molar-refractivity contribution >= 4 is 29.9 Å². The second-order valence-electron chi connectivity index (χ2n) is 6.25. The van der Waals surface area contributed by atoms with Gasteiger partial charge in [-0.15, -0.1) is 24.0 Å². The summed E-state index contributed by atoms with van der Waals surface area (Å²) in [7, 11) is 1.86. The van der Waals surface area contributed by atoms with Crippen molar-refractivity contribution in [3.05, 3.63) is 0 Å². The number of nitrogens with zero attached hydrogens (tertiary/aromatic N) is 2. The maximum atomic E-state index is 4.30. The largest absolute Gasteiger partial charge is 0.356 e. The molecule has 4 nitrogen and oxygen atoms in total. The van der Waals surface area contributed by atoms with E-state index in [2.05, 4.69) is 27.4 Å². The van der Waals surface area contributed by atoms with Crippen molar-refractivity contribution in [2.24, 2.45) is 10.9 Å². The van der Waals surface area contributed by atoms with Crippen LogP contribution in [0.4, 0.5) is 0 Å². The fraction of sp³-hybridized carbons (Fsp3) is 0.938. The Morgan fingerprint density at radius 1 is 1.14 bits per heavy atom. The monoisotopic (exact) mass is 408 g/mol. The van der Waals surface area contributed by atoms with E-state index in [0.29, 0.717) is 0 Å². The summed E-state index contributed by atoms with van der Waals surface area (Å²) in [5, 5.41) is 6.88. The first kappa shape index (κ1) is 19.0. The number of halogens is 1. The average Bonchev–Trinajstić information content (AvgIpc) is 3.30. The normalized spacial score (nSPS) is 23.5. The summed E-state index contributed by atoms with van der Waals surface area (Å²) in [6.07, 6.45) is 9.60. The molecule has 0 aromatic rings. The van der Waals surface area contributed by atoms with Crippen LogP contribution < -0.4 is 10.6 Å². The molecule has 2 fully saturated rings. The Morgan fingerprint density at radius 3 is 2.57 bits per heavy atom. The van der Waals surface area contributed by atoms with Crippen LogP contribution in [0.1, 0.15) is 51.9 Å². The van der Waals surface area contributed by atoms with Crippen molar-refractivity contribution < 1.29 is 0 Å². The fourth-order valence-electron chi connectivity index (χ4n) is 3.16. The van der Waals surface area contributed by atoms with Gasteiger partial charge in [-0.25, -0.2) is 0 Å². The van der Waals surface area contributed by atoms with E-state index in [1.54, 1.807) is 0 Å². The highest BCUT2D eigenvalue weighted by Gasteiger charge is 2.21. The fourth-order valence-corrected chi connectivity index (χ4v) is 3.16. The van der Waals surface area contributed by atoms with Gasteiger partial charge in [0, 0.05) is 32.7 Å². The van der Waals surface area contributed by atoms with E-state index in [1.165, 1.54) is 51.5 Å². The lowest BCUT2D eigenvalue weighted by Gasteiger charge is -2.35. The van der Waals surface area contributed by atoms with Crippen molar-refractivity contribution in [1.29, 1.82) is 0 Å². The van der Waals surface area contributed by atoms with Crippen LogP contribution in [-0.4, -0.2) is 50.1 Å². The third-order valence-electron chi connectivity index (χ3n) is 4.68. The Kier molecular flexibility index (Phi) is 9.64. The van der Waals surface area contributed by atoms with E-state index in [1.807, 2.05) is 7.05 Å². The first-order chi connectivity index (χ1) is 9.83. The van der Waals surface area contributed by atoms with Crippen LogP contribution in [0.2, 0.25) is 0 Å². The standard InChI is InChI=1S/C16H32N4.HI/c1-3-15-6-4-5-12-20(15)13-11-19-16(17-2)18-10-9-14-7-8-14;/h14-15H,3-13H2,1-2H3,(H2,17,18,19);1H. The molecular weight excluding hydrogens is 375 g/mol. The van der Waals surface area contributed by atoms with Crippen LogP contribution in [0.25, 0.3) is 0 Å². The summed E-state index contributed by atoms with van der Waals surface area (Å²) >= 11 is 0. The second kappa shape index (κ2) is 10.6. The van der Waals surface area contributed by atoms with Gasteiger partial charge in [0.25, 0.3) is 0 Å². The molecule has 21 heavy (non-hydrogen) atoms. The van der Waals surface area contributed by atoms with Gasteiger partial charge >= 0.3 is 0 Å². The minimum atomic E-state index is 0. The van der Waals surface area contributed by atoms with Gasteiger partial charge in [-0.1, -0.05) is 26.2 Å². The molecule has 1 aliphatic carbocycles. The highest BCUT2D eigenvalue weighted by Crippen LogP contribution is 2.31. The smallest absolute Gasteiger partial charge is 0.191 e. The number of piperidine rings is 1. The summed E-state index contributed by atoms with van der Waals surface area (Å²) in [5.74, 6) is 1.95. The van der Waals surface area contributed by atoms with E-state index in [0.717, 1.165) is 37.6 Å². The second-order valence-corrected chi connectivity index (χ2v) is 6.25. The number of likely N-dealkylation sites (tertiary alicyclic amines) is 1. The van der Waals surface area contributed by atoms with Crippen LogP contribution in [0.5, 0.6) is 0 Å². The number of hydrogen-bond acceptors (Lipinski definition) is 2. The lowest BCUT2D eigenvalue weighted by Crippen LogP contribution is -2.46. The van der Waals surface area contributed by atoms with E-state index in [-0.39, 0.29) is 24.0 Å². The van der Waals surface area contributed by atoms with Gasteiger partial charge in [-0.2, -0.15) is 0 Å². The predicted molar refractivity (Wildman–Crippen MR) is 102 cm³/mol. The number of rotatable bonds is 7. The quantitative estimate of drug-likeness (QED) is 0.387. The molecule has 2 aliphatic rings. The summed E-state index contributed by atoms with van der Waals surface area (Å²) in [6.45, 7) is 6.79. The Labute approximate surface area is 147 Å². The SMILES string of the molecule is CCC1CCCCN1CCNC(=NC)NCCC1CC1.I. The zero-order valence-electron chi connectivity index (χ0n) is 13.7. The van der Waals surface area contributed by atoms with Crippen LogP contribution in [0, 0.1) is 5.92 Å². The summed E-state index contributed by atoms with van der Waals surface area (Å²) in [6, 6.07) is 0.801. The molecule has 1 atom stereocenters. The minimum Gasteiger partial charge on any atom is -0.356 e. The molecule has 1 saturated heterocycles. The van der Waals surface area contributed by atoms with Crippen molar-refractivity contribution in [3.8, 4) is 0 Å². The molecule has 2 N–H and O–H groups in total. The molecule has 5 heteroatoms. The molecular formula is C16H33IN4. The van der Waals surface area contributed by atoms with Crippen LogP contribution >= 0.6 is 24.0 Å². The van der Waals surface area contributed by atoms with Gasteiger partial charge in [0.2, 0.25) is 0 Å². The van der Waals surface area contributed by atoms with Gasteiger partial charge in [0.15, 0.2) is 5.96 Å². The first-order valence-electron chi connectivity index (χ1n) is 8.52. The van der Waals surface area contributed by atoms with Gasteiger partial charge in [-0.3, -0.25) is 9.89 Å². The Hall–Kier alpha value is -0.0400. The van der Waals surface area contributed by atoms with Crippen LogP contribution in [0.3, 0.4) is 0 Å². The van der Waals surface area contributed by atoms with Crippen LogP contribution in [0.15, 0.2) is 4.99 Å².